The van der Waals surface area contributed by atoms with Crippen molar-refractivity contribution in [2.24, 2.45) is 11.8 Å². The number of carboxylic acid groups (broad SMARTS) is 1. The highest BCUT2D eigenvalue weighted by molar-refractivity contribution is 7.80. The average molecular weight is 161 g/mol. The second-order valence-electron chi connectivity index (χ2n) is 2.55. The fourth-order valence-electron chi connectivity index (χ4n) is 1.21. The molecule has 0 aromatic rings. The van der Waals surface area contributed by atoms with Crippen LogP contribution in [0, 0.1) is 11.8 Å². The van der Waals surface area contributed by atoms with Crippen LogP contribution in [0.1, 0.15) is 0 Å². The molecule has 3 nitrogen and oxygen atoms in total. The van der Waals surface area contributed by atoms with E-state index in [0.29, 0.717) is 12.3 Å². The van der Waals surface area contributed by atoms with Gasteiger partial charge in [-0.3, -0.25) is 4.79 Å². The summed E-state index contributed by atoms with van der Waals surface area (Å²) in [7, 11) is 0. The van der Waals surface area contributed by atoms with Crippen molar-refractivity contribution in [1.82, 2.24) is 5.32 Å². The summed E-state index contributed by atoms with van der Waals surface area (Å²) in [6.45, 7) is 1.39. The van der Waals surface area contributed by atoms with E-state index < -0.39 is 5.97 Å². The Kier molecular flexibility index (Phi) is 2.56. The predicted octanol–water partition coefficient (Wildman–Crippen LogP) is -0.164. The van der Waals surface area contributed by atoms with Gasteiger partial charge in [-0.1, -0.05) is 0 Å². The number of aliphatic carboxylic acids is 1. The first-order valence-corrected chi connectivity index (χ1v) is 3.93. The van der Waals surface area contributed by atoms with E-state index >= 15 is 0 Å². The van der Waals surface area contributed by atoms with Crippen LogP contribution in [-0.4, -0.2) is 29.9 Å². The highest BCUT2D eigenvalue weighted by Gasteiger charge is 2.31. The van der Waals surface area contributed by atoms with Gasteiger partial charge < -0.3 is 10.4 Å². The first-order valence-electron chi connectivity index (χ1n) is 3.30. The van der Waals surface area contributed by atoms with Gasteiger partial charge in [-0.05, 0) is 18.2 Å². The van der Waals surface area contributed by atoms with Crippen molar-refractivity contribution in [3.8, 4) is 0 Å². The minimum atomic E-state index is -0.705. The molecule has 1 aliphatic heterocycles. The highest BCUT2D eigenvalue weighted by atomic mass is 32.1. The Balaban J connectivity index is 2.50. The summed E-state index contributed by atoms with van der Waals surface area (Å²) < 4.78 is 0. The average Bonchev–Trinajstić information content (AvgIpc) is 2.33. The molecule has 0 spiro atoms. The summed E-state index contributed by atoms with van der Waals surface area (Å²) in [5.41, 5.74) is 0. The molecule has 1 fully saturated rings. The van der Waals surface area contributed by atoms with Gasteiger partial charge in [0.25, 0.3) is 0 Å². The van der Waals surface area contributed by atoms with Crippen molar-refractivity contribution >= 4 is 18.6 Å². The third-order valence-corrected chi connectivity index (χ3v) is 2.36. The van der Waals surface area contributed by atoms with Gasteiger partial charge in [0.1, 0.15) is 0 Å². The van der Waals surface area contributed by atoms with E-state index in [1.165, 1.54) is 0 Å². The number of hydrogen-bond donors (Lipinski definition) is 3. The molecule has 0 aliphatic carbocycles. The molecule has 58 valence electrons. The molecule has 0 saturated carbocycles. The lowest BCUT2D eigenvalue weighted by molar-refractivity contribution is -0.142. The van der Waals surface area contributed by atoms with E-state index in [2.05, 4.69) is 17.9 Å². The third kappa shape index (κ3) is 1.44. The van der Waals surface area contributed by atoms with Gasteiger partial charge in [-0.15, -0.1) is 0 Å². The summed E-state index contributed by atoms with van der Waals surface area (Å²) in [4.78, 5) is 10.5. The topological polar surface area (TPSA) is 49.3 Å². The molecule has 4 heteroatoms. The fraction of sp³-hybridized carbons (Fsp3) is 0.833. The molecule has 0 amide bonds. The van der Waals surface area contributed by atoms with Crippen LogP contribution in [0.5, 0.6) is 0 Å². The summed E-state index contributed by atoms with van der Waals surface area (Å²) in [5, 5.41) is 11.7. The third-order valence-electron chi connectivity index (χ3n) is 1.89. The first kappa shape index (κ1) is 7.88. The van der Waals surface area contributed by atoms with Gasteiger partial charge in [0, 0.05) is 6.54 Å². The number of rotatable bonds is 2. The van der Waals surface area contributed by atoms with Crippen molar-refractivity contribution < 1.29 is 9.90 Å². The maximum atomic E-state index is 10.5. The van der Waals surface area contributed by atoms with Crippen molar-refractivity contribution in [2.75, 3.05) is 18.8 Å². The largest absolute Gasteiger partial charge is 0.481 e. The normalized spacial score (nSPS) is 32.5. The lowest BCUT2D eigenvalue weighted by atomic mass is 9.98. The molecule has 1 aliphatic rings. The molecule has 1 heterocycles. The van der Waals surface area contributed by atoms with Crippen LogP contribution in [-0.2, 0) is 4.79 Å². The number of carbonyl (C=O) groups is 1. The minimum absolute atomic E-state index is 0.209. The van der Waals surface area contributed by atoms with E-state index in [-0.39, 0.29) is 11.8 Å². The van der Waals surface area contributed by atoms with E-state index in [0.717, 1.165) is 6.54 Å². The zero-order chi connectivity index (χ0) is 7.56. The Morgan fingerprint density at radius 1 is 1.70 bits per heavy atom. The van der Waals surface area contributed by atoms with Crippen LogP contribution in [0.4, 0.5) is 0 Å². The molecule has 0 aromatic carbocycles. The predicted molar refractivity (Wildman–Crippen MR) is 41.3 cm³/mol. The maximum absolute atomic E-state index is 10.5. The van der Waals surface area contributed by atoms with Crippen LogP contribution >= 0.6 is 12.6 Å². The van der Waals surface area contributed by atoms with E-state index in [1.807, 2.05) is 0 Å². The quantitative estimate of drug-likeness (QED) is 0.493. The minimum Gasteiger partial charge on any atom is -0.481 e. The fourth-order valence-corrected chi connectivity index (χ4v) is 1.60. The van der Waals surface area contributed by atoms with Gasteiger partial charge in [-0.25, -0.2) is 0 Å². The van der Waals surface area contributed by atoms with Crippen LogP contribution in [0.3, 0.4) is 0 Å². The molecule has 0 unspecified atom stereocenters. The van der Waals surface area contributed by atoms with Crippen LogP contribution < -0.4 is 5.32 Å². The van der Waals surface area contributed by atoms with E-state index in [9.17, 15) is 4.79 Å². The molecule has 2 N–H and O–H groups in total. The van der Waals surface area contributed by atoms with Crippen molar-refractivity contribution in [1.29, 1.82) is 0 Å². The smallest absolute Gasteiger partial charge is 0.308 e. The second kappa shape index (κ2) is 3.25. The van der Waals surface area contributed by atoms with E-state index in [1.54, 1.807) is 0 Å². The molecule has 0 radical (unpaired) electrons. The standard InChI is InChI=1S/C6H11NO2S/c8-6(9)5-2-7-1-4(5)3-10/h4-5,7,10H,1-3H2,(H,8,9)/t4-,5+/m1/s1. The van der Waals surface area contributed by atoms with Crippen LogP contribution in [0.25, 0.3) is 0 Å². The van der Waals surface area contributed by atoms with Gasteiger partial charge >= 0.3 is 5.97 Å². The first-order chi connectivity index (χ1) is 4.75. The van der Waals surface area contributed by atoms with Gasteiger partial charge in [0.05, 0.1) is 5.92 Å². The van der Waals surface area contributed by atoms with Crippen LogP contribution in [0.2, 0.25) is 0 Å². The maximum Gasteiger partial charge on any atom is 0.308 e. The van der Waals surface area contributed by atoms with Gasteiger partial charge in [0.15, 0.2) is 0 Å². The summed E-state index contributed by atoms with van der Waals surface area (Å²) in [5.74, 6) is -0.0633. The van der Waals surface area contributed by atoms with E-state index in [4.69, 9.17) is 5.11 Å². The lowest BCUT2D eigenvalue weighted by Gasteiger charge is -2.09. The molecular formula is C6H11NO2S. The van der Waals surface area contributed by atoms with Gasteiger partial charge in [-0.2, -0.15) is 12.6 Å². The molecule has 2 atom stereocenters. The Hall–Kier alpha value is -0.220. The van der Waals surface area contributed by atoms with Crippen molar-refractivity contribution in [3.63, 3.8) is 0 Å². The molecule has 10 heavy (non-hydrogen) atoms. The Labute approximate surface area is 65.2 Å². The Morgan fingerprint density at radius 2 is 2.40 bits per heavy atom. The highest BCUT2D eigenvalue weighted by Crippen LogP contribution is 2.17. The molecule has 1 saturated heterocycles. The number of carboxylic acids is 1. The zero-order valence-electron chi connectivity index (χ0n) is 5.58. The van der Waals surface area contributed by atoms with Crippen molar-refractivity contribution in [2.45, 2.75) is 0 Å². The van der Waals surface area contributed by atoms with Crippen molar-refractivity contribution in [3.05, 3.63) is 0 Å². The SMILES string of the molecule is O=C(O)[C@H]1CNC[C@@H]1CS. The monoisotopic (exact) mass is 161 g/mol. The lowest BCUT2D eigenvalue weighted by Crippen LogP contribution is -2.23. The number of thiol groups is 1. The second-order valence-corrected chi connectivity index (χ2v) is 2.91. The Morgan fingerprint density at radius 3 is 2.80 bits per heavy atom. The van der Waals surface area contributed by atoms with Crippen LogP contribution in [0.15, 0.2) is 0 Å². The summed E-state index contributed by atoms with van der Waals surface area (Å²) in [6.07, 6.45) is 0. The number of nitrogens with one attached hydrogen (secondary N) is 1. The summed E-state index contributed by atoms with van der Waals surface area (Å²) >= 11 is 4.07. The number of hydrogen-bond acceptors (Lipinski definition) is 3. The summed E-state index contributed by atoms with van der Waals surface area (Å²) in [6, 6.07) is 0. The Bertz CT molecular complexity index is 140. The molecule has 0 aromatic heterocycles. The van der Waals surface area contributed by atoms with Gasteiger partial charge in [0.2, 0.25) is 0 Å². The zero-order valence-corrected chi connectivity index (χ0v) is 6.47. The molecule has 1 rings (SSSR count). The molecular weight excluding hydrogens is 150 g/mol. The molecule has 0 bridgehead atoms.